The lowest BCUT2D eigenvalue weighted by atomic mass is 9.72. The van der Waals surface area contributed by atoms with Crippen LogP contribution < -0.4 is 0 Å². The zero-order valence-electron chi connectivity index (χ0n) is 12.3. The first-order chi connectivity index (χ1) is 10.2. The highest BCUT2D eigenvalue weighted by molar-refractivity contribution is 7.99. The molecule has 0 bridgehead atoms. The Kier molecular flexibility index (Phi) is 4.55. The first kappa shape index (κ1) is 14.9. The minimum Gasteiger partial charge on any atom is -0.481 e. The van der Waals surface area contributed by atoms with Gasteiger partial charge in [-0.1, -0.05) is 30.3 Å². The van der Waals surface area contributed by atoms with Crippen LogP contribution >= 0.6 is 11.8 Å². The quantitative estimate of drug-likeness (QED) is 0.932. The van der Waals surface area contributed by atoms with E-state index in [-0.39, 0.29) is 0 Å². The van der Waals surface area contributed by atoms with Crippen molar-refractivity contribution in [2.24, 2.45) is 0 Å². The topological polar surface area (TPSA) is 40.5 Å². The first-order valence-electron chi connectivity index (χ1n) is 7.83. The number of nitrogens with zero attached hydrogens (tertiary/aromatic N) is 1. The number of hydrogen-bond acceptors (Lipinski definition) is 3. The third-order valence-electron chi connectivity index (χ3n) is 5.04. The van der Waals surface area contributed by atoms with E-state index in [0.717, 1.165) is 31.5 Å². The number of aliphatic carboxylic acids is 1. The normalized spacial score (nSPS) is 26.4. The average molecular weight is 305 g/mol. The van der Waals surface area contributed by atoms with E-state index < -0.39 is 11.4 Å². The van der Waals surface area contributed by atoms with E-state index in [1.54, 1.807) is 0 Å². The Morgan fingerprint density at radius 1 is 1.24 bits per heavy atom. The van der Waals surface area contributed by atoms with Gasteiger partial charge in [-0.3, -0.25) is 9.69 Å². The molecule has 2 fully saturated rings. The second-order valence-corrected chi connectivity index (χ2v) is 7.31. The molecule has 1 aromatic carbocycles. The van der Waals surface area contributed by atoms with Gasteiger partial charge in [-0.2, -0.15) is 11.8 Å². The second kappa shape index (κ2) is 6.41. The Hall–Kier alpha value is -1.00. The van der Waals surface area contributed by atoms with Crippen LogP contribution in [0.3, 0.4) is 0 Å². The fourth-order valence-electron chi connectivity index (χ4n) is 3.67. The van der Waals surface area contributed by atoms with Gasteiger partial charge in [0, 0.05) is 11.8 Å². The number of rotatable bonds is 3. The van der Waals surface area contributed by atoms with Crippen molar-refractivity contribution in [2.45, 2.75) is 37.1 Å². The Balaban J connectivity index is 1.73. The molecule has 3 rings (SSSR count). The molecule has 0 aromatic heterocycles. The number of thioether (sulfide) groups is 1. The van der Waals surface area contributed by atoms with E-state index >= 15 is 0 Å². The predicted molar refractivity (Wildman–Crippen MR) is 86.9 cm³/mol. The van der Waals surface area contributed by atoms with Gasteiger partial charge in [0.15, 0.2) is 0 Å². The molecule has 3 nitrogen and oxygen atoms in total. The van der Waals surface area contributed by atoms with Crippen LogP contribution in [0.4, 0.5) is 0 Å². The molecule has 1 atom stereocenters. The molecule has 0 amide bonds. The van der Waals surface area contributed by atoms with Crippen LogP contribution in [0, 0.1) is 0 Å². The number of carbonyl (C=O) groups is 1. The third-order valence-corrected chi connectivity index (χ3v) is 6.24. The Morgan fingerprint density at radius 3 is 2.52 bits per heavy atom. The molecule has 1 unspecified atom stereocenters. The molecular formula is C17H23NO2S. The highest BCUT2D eigenvalue weighted by atomic mass is 32.2. The molecule has 2 heterocycles. The molecule has 2 aliphatic rings. The molecular weight excluding hydrogens is 282 g/mol. The molecule has 0 spiro atoms. The van der Waals surface area contributed by atoms with Crippen molar-refractivity contribution in [1.29, 1.82) is 0 Å². The number of hydrogen-bond donors (Lipinski definition) is 1. The lowest BCUT2D eigenvalue weighted by Gasteiger charge is -2.43. The number of carboxylic acids is 1. The molecule has 2 aliphatic heterocycles. The molecule has 1 N–H and O–H groups in total. The van der Waals surface area contributed by atoms with E-state index in [4.69, 9.17) is 0 Å². The van der Waals surface area contributed by atoms with Crippen LogP contribution in [-0.2, 0) is 10.2 Å². The van der Waals surface area contributed by atoms with Crippen LogP contribution in [0.2, 0.25) is 0 Å². The molecule has 114 valence electrons. The zero-order chi connectivity index (χ0) is 14.7. The smallest absolute Gasteiger partial charge is 0.314 e. The van der Waals surface area contributed by atoms with E-state index in [0.29, 0.717) is 6.04 Å². The summed E-state index contributed by atoms with van der Waals surface area (Å²) < 4.78 is 0. The van der Waals surface area contributed by atoms with Gasteiger partial charge in [0.2, 0.25) is 0 Å². The summed E-state index contributed by atoms with van der Waals surface area (Å²) in [5, 5.41) is 9.82. The molecule has 0 aliphatic carbocycles. The highest BCUT2D eigenvalue weighted by Crippen LogP contribution is 2.37. The van der Waals surface area contributed by atoms with Crippen molar-refractivity contribution < 1.29 is 9.90 Å². The van der Waals surface area contributed by atoms with Gasteiger partial charge in [-0.25, -0.2) is 0 Å². The van der Waals surface area contributed by atoms with E-state index in [9.17, 15) is 9.90 Å². The van der Waals surface area contributed by atoms with Gasteiger partial charge < -0.3 is 5.11 Å². The van der Waals surface area contributed by atoms with Gasteiger partial charge in [0.1, 0.15) is 0 Å². The monoisotopic (exact) mass is 305 g/mol. The first-order valence-corrected chi connectivity index (χ1v) is 8.98. The van der Waals surface area contributed by atoms with Crippen LogP contribution in [0.5, 0.6) is 0 Å². The Labute approximate surface area is 130 Å². The Morgan fingerprint density at radius 2 is 1.95 bits per heavy atom. The lowest BCUT2D eigenvalue weighted by Crippen LogP contribution is -2.51. The van der Waals surface area contributed by atoms with Crippen molar-refractivity contribution >= 4 is 17.7 Å². The summed E-state index contributed by atoms with van der Waals surface area (Å²) in [6.45, 7) is 1.82. The van der Waals surface area contributed by atoms with Crippen molar-refractivity contribution in [3.05, 3.63) is 35.9 Å². The van der Waals surface area contributed by atoms with E-state index in [1.807, 2.05) is 42.1 Å². The highest BCUT2D eigenvalue weighted by Gasteiger charge is 2.44. The van der Waals surface area contributed by atoms with Gasteiger partial charge in [0.05, 0.1) is 5.41 Å². The fraction of sp³-hybridized carbons (Fsp3) is 0.588. The molecule has 0 saturated carbocycles. The third kappa shape index (κ3) is 2.97. The number of benzene rings is 1. The maximum Gasteiger partial charge on any atom is 0.314 e. The molecule has 2 saturated heterocycles. The fourth-order valence-corrected chi connectivity index (χ4v) is 4.85. The molecule has 1 aromatic rings. The summed E-state index contributed by atoms with van der Waals surface area (Å²) in [4.78, 5) is 14.5. The standard InChI is InChI=1S/C17H23NO2S/c19-16(20)17(14-5-2-1-3-6-14)8-10-18(11-9-17)15-7-4-12-21-13-15/h1-3,5-6,15H,4,7-13H2,(H,19,20). The van der Waals surface area contributed by atoms with Gasteiger partial charge >= 0.3 is 5.97 Å². The van der Waals surface area contributed by atoms with Crippen LogP contribution in [-0.4, -0.2) is 46.6 Å². The summed E-state index contributed by atoms with van der Waals surface area (Å²) in [7, 11) is 0. The molecule has 0 radical (unpaired) electrons. The molecule has 21 heavy (non-hydrogen) atoms. The van der Waals surface area contributed by atoms with Crippen molar-refractivity contribution in [3.8, 4) is 0 Å². The summed E-state index contributed by atoms with van der Waals surface area (Å²) in [6.07, 6.45) is 4.04. The van der Waals surface area contributed by atoms with Crippen molar-refractivity contribution in [2.75, 3.05) is 24.6 Å². The Bertz CT molecular complexity index is 477. The van der Waals surface area contributed by atoms with Crippen molar-refractivity contribution in [3.63, 3.8) is 0 Å². The molecule has 4 heteroatoms. The van der Waals surface area contributed by atoms with Crippen LogP contribution in [0.15, 0.2) is 30.3 Å². The van der Waals surface area contributed by atoms with Gasteiger partial charge in [-0.05, 0) is 50.1 Å². The number of likely N-dealkylation sites (tertiary alicyclic amines) is 1. The van der Waals surface area contributed by atoms with Crippen LogP contribution in [0.1, 0.15) is 31.2 Å². The minimum absolute atomic E-state index is 0.659. The summed E-state index contributed by atoms with van der Waals surface area (Å²) in [5.74, 6) is 1.84. The summed E-state index contributed by atoms with van der Waals surface area (Å²) in [5.41, 5.74) is 0.287. The summed E-state index contributed by atoms with van der Waals surface area (Å²) in [6, 6.07) is 10.5. The number of carboxylic acid groups (broad SMARTS) is 1. The van der Waals surface area contributed by atoms with Gasteiger partial charge in [0.25, 0.3) is 0 Å². The largest absolute Gasteiger partial charge is 0.481 e. The summed E-state index contributed by atoms with van der Waals surface area (Å²) >= 11 is 2.04. The average Bonchev–Trinajstić information content (AvgIpc) is 2.56. The SMILES string of the molecule is O=C(O)C1(c2ccccc2)CCN(C2CCCSC2)CC1. The van der Waals surface area contributed by atoms with Gasteiger partial charge in [-0.15, -0.1) is 0 Å². The maximum absolute atomic E-state index is 11.9. The van der Waals surface area contributed by atoms with E-state index in [2.05, 4.69) is 4.90 Å². The van der Waals surface area contributed by atoms with Crippen molar-refractivity contribution in [1.82, 2.24) is 4.90 Å². The van der Waals surface area contributed by atoms with Crippen LogP contribution in [0.25, 0.3) is 0 Å². The van der Waals surface area contributed by atoms with E-state index in [1.165, 1.54) is 24.3 Å². The number of piperidine rings is 1. The predicted octanol–water partition coefficient (Wildman–Crippen LogP) is 3.00. The lowest BCUT2D eigenvalue weighted by molar-refractivity contribution is -0.146. The minimum atomic E-state index is -0.681. The second-order valence-electron chi connectivity index (χ2n) is 6.16. The maximum atomic E-state index is 11.9. The zero-order valence-corrected chi connectivity index (χ0v) is 13.1.